The summed E-state index contributed by atoms with van der Waals surface area (Å²) in [5, 5.41) is 0. The highest BCUT2D eigenvalue weighted by molar-refractivity contribution is 14.1. The molecular weight excluding hydrogens is 394 g/mol. The fourth-order valence-electron chi connectivity index (χ4n) is 0.864. The lowest BCUT2D eigenvalue weighted by Gasteiger charge is -2.03. The van der Waals surface area contributed by atoms with E-state index in [0.717, 1.165) is 7.14 Å². The summed E-state index contributed by atoms with van der Waals surface area (Å²) in [5.41, 5.74) is 0.642. The SMILES string of the molecule is CCOC(=O)c1ccc(I)cc1I. The van der Waals surface area contributed by atoms with Crippen molar-refractivity contribution in [1.29, 1.82) is 0 Å². The Kier molecular flexibility index (Phi) is 4.43. The van der Waals surface area contributed by atoms with Crippen LogP contribution in [-0.2, 0) is 4.74 Å². The average Bonchev–Trinajstić information content (AvgIpc) is 2.04. The van der Waals surface area contributed by atoms with Crippen LogP contribution < -0.4 is 0 Å². The fourth-order valence-corrected chi connectivity index (χ4v) is 2.69. The summed E-state index contributed by atoms with van der Waals surface area (Å²) in [6, 6.07) is 5.64. The molecule has 1 rings (SSSR count). The largest absolute Gasteiger partial charge is 0.462 e. The van der Waals surface area contributed by atoms with Crippen LogP contribution in [0.15, 0.2) is 18.2 Å². The maximum absolute atomic E-state index is 11.3. The Morgan fingerprint density at radius 1 is 1.46 bits per heavy atom. The first-order chi connectivity index (χ1) is 6.15. The topological polar surface area (TPSA) is 26.3 Å². The Morgan fingerprint density at radius 2 is 2.15 bits per heavy atom. The molecule has 0 aliphatic rings. The first kappa shape index (κ1) is 11.2. The van der Waals surface area contributed by atoms with Crippen LogP contribution in [0, 0.1) is 7.14 Å². The second kappa shape index (κ2) is 5.14. The molecule has 0 spiro atoms. The van der Waals surface area contributed by atoms with E-state index in [1.54, 1.807) is 13.0 Å². The van der Waals surface area contributed by atoms with Crippen molar-refractivity contribution in [2.75, 3.05) is 6.61 Å². The van der Waals surface area contributed by atoms with E-state index in [1.165, 1.54) is 0 Å². The summed E-state index contributed by atoms with van der Waals surface area (Å²) in [7, 11) is 0. The molecule has 0 aromatic heterocycles. The molecule has 0 saturated carbocycles. The van der Waals surface area contributed by atoms with Gasteiger partial charge in [-0.15, -0.1) is 0 Å². The molecule has 0 heterocycles. The monoisotopic (exact) mass is 402 g/mol. The van der Waals surface area contributed by atoms with E-state index in [-0.39, 0.29) is 5.97 Å². The van der Waals surface area contributed by atoms with Crippen LogP contribution in [0.1, 0.15) is 17.3 Å². The molecule has 0 atom stereocenters. The molecule has 0 amide bonds. The highest BCUT2D eigenvalue weighted by atomic mass is 127. The van der Waals surface area contributed by atoms with Gasteiger partial charge in [0.25, 0.3) is 0 Å². The molecule has 0 aliphatic carbocycles. The summed E-state index contributed by atoms with van der Waals surface area (Å²) in [4.78, 5) is 11.3. The van der Waals surface area contributed by atoms with Gasteiger partial charge >= 0.3 is 5.97 Å². The van der Waals surface area contributed by atoms with Crippen LogP contribution >= 0.6 is 45.2 Å². The molecule has 13 heavy (non-hydrogen) atoms. The lowest BCUT2D eigenvalue weighted by Crippen LogP contribution is -2.06. The predicted octanol–water partition coefficient (Wildman–Crippen LogP) is 3.07. The van der Waals surface area contributed by atoms with E-state index >= 15 is 0 Å². The Bertz CT molecular complexity index is 323. The lowest BCUT2D eigenvalue weighted by atomic mass is 10.2. The average molecular weight is 402 g/mol. The summed E-state index contributed by atoms with van der Waals surface area (Å²) in [6.45, 7) is 2.22. The maximum atomic E-state index is 11.3. The minimum Gasteiger partial charge on any atom is -0.462 e. The zero-order chi connectivity index (χ0) is 9.84. The highest BCUT2D eigenvalue weighted by Gasteiger charge is 2.10. The Labute approximate surface area is 104 Å². The number of carbonyl (C=O) groups excluding carboxylic acids is 1. The minimum atomic E-state index is -0.247. The number of rotatable bonds is 2. The second-order valence-electron chi connectivity index (χ2n) is 2.34. The molecule has 70 valence electrons. The molecule has 1 aromatic carbocycles. The zero-order valence-electron chi connectivity index (χ0n) is 7.01. The normalized spacial score (nSPS) is 9.77. The van der Waals surface area contributed by atoms with Gasteiger partial charge in [-0.1, -0.05) is 0 Å². The number of halogens is 2. The van der Waals surface area contributed by atoms with Gasteiger partial charge < -0.3 is 4.74 Å². The third kappa shape index (κ3) is 3.08. The van der Waals surface area contributed by atoms with Crippen LogP contribution in [0.25, 0.3) is 0 Å². The summed E-state index contributed by atoms with van der Waals surface area (Å²) in [6.07, 6.45) is 0. The molecule has 0 radical (unpaired) electrons. The van der Waals surface area contributed by atoms with Crippen LogP contribution in [-0.4, -0.2) is 12.6 Å². The van der Waals surface area contributed by atoms with E-state index in [0.29, 0.717) is 12.2 Å². The molecular formula is C9H8I2O2. The van der Waals surface area contributed by atoms with Gasteiger partial charge in [0.05, 0.1) is 12.2 Å². The number of benzene rings is 1. The fraction of sp³-hybridized carbons (Fsp3) is 0.222. The number of hydrogen-bond donors (Lipinski definition) is 0. The van der Waals surface area contributed by atoms with Crippen LogP contribution in [0.4, 0.5) is 0 Å². The lowest BCUT2D eigenvalue weighted by molar-refractivity contribution is 0.0525. The van der Waals surface area contributed by atoms with Gasteiger partial charge in [-0.2, -0.15) is 0 Å². The Balaban J connectivity index is 2.95. The molecule has 2 nitrogen and oxygen atoms in total. The molecule has 0 aliphatic heterocycles. The van der Waals surface area contributed by atoms with Crippen molar-refractivity contribution >= 4 is 51.2 Å². The first-order valence-corrected chi connectivity index (χ1v) is 5.93. The third-order valence-electron chi connectivity index (χ3n) is 1.43. The van der Waals surface area contributed by atoms with Crippen LogP contribution in [0.5, 0.6) is 0 Å². The first-order valence-electron chi connectivity index (χ1n) is 3.77. The number of esters is 1. The molecule has 4 heteroatoms. The van der Waals surface area contributed by atoms with E-state index in [9.17, 15) is 4.79 Å². The standard InChI is InChI=1S/C9H8I2O2/c1-2-13-9(12)7-4-3-6(10)5-8(7)11/h3-5H,2H2,1H3. The van der Waals surface area contributed by atoms with Gasteiger partial charge in [0.15, 0.2) is 0 Å². The number of hydrogen-bond acceptors (Lipinski definition) is 2. The Morgan fingerprint density at radius 3 is 2.69 bits per heavy atom. The van der Waals surface area contributed by atoms with Gasteiger partial charge in [0, 0.05) is 7.14 Å². The van der Waals surface area contributed by atoms with Crippen molar-refractivity contribution in [3.05, 3.63) is 30.9 Å². The van der Waals surface area contributed by atoms with Crippen molar-refractivity contribution < 1.29 is 9.53 Å². The van der Waals surface area contributed by atoms with Gasteiger partial charge in [-0.05, 0) is 70.3 Å². The molecule has 0 fully saturated rings. The smallest absolute Gasteiger partial charge is 0.339 e. The highest BCUT2D eigenvalue weighted by Crippen LogP contribution is 2.16. The van der Waals surface area contributed by atoms with Crippen molar-refractivity contribution in [3.63, 3.8) is 0 Å². The number of ether oxygens (including phenoxy) is 1. The quantitative estimate of drug-likeness (QED) is 0.562. The van der Waals surface area contributed by atoms with Crippen LogP contribution in [0.2, 0.25) is 0 Å². The van der Waals surface area contributed by atoms with E-state index < -0.39 is 0 Å². The molecule has 1 aromatic rings. The van der Waals surface area contributed by atoms with E-state index in [4.69, 9.17) is 4.74 Å². The van der Waals surface area contributed by atoms with E-state index in [1.807, 2.05) is 12.1 Å². The summed E-state index contributed by atoms with van der Waals surface area (Å²) >= 11 is 4.35. The zero-order valence-corrected chi connectivity index (χ0v) is 11.3. The van der Waals surface area contributed by atoms with Gasteiger partial charge in [0.2, 0.25) is 0 Å². The molecule has 0 unspecified atom stereocenters. The predicted molar refractivity (Wildman–Crippen MR) is 67.8 cm³/mol. The minimum absolute atomic E-state index is 0.247. The number of carbonyl (C=O) groups is 1. The second-order valence-corrected chi connectivity index (χ2v) is 4.75. The van der Waals surface area contributed by atoms with Gasteiger partial charge in [-0.25, -0.2) is 4.79 Å². The van der Waals surface area contributed by atoms with Crippen molar-refractivity contribution in [2.24, 2.45) is 0 Å². The molecule has 0 bridgehead atoms. The molecule has 0 N–H and O–H groups in total. The maximum Gasteiger partial charge on any atom is 0.339 e. The van der Waals surface area contributed by atoms with E-state index in [2.05, 4.69) is 45.2 Å². The van der Waals surface area contributed by atoms with Gasteiger partial charge in [-0.3, -0.25) is 0 Å². The van der Waals surface area contributed by atoms with Crippen LogP contribution in [0.3, 0.4) is 0 Å². The Hall–Kier alpha value is 0.150. The van der Waals surface area contributed by atoms with Crippen molar-refractivity contribution in [3.8, 4) is 0 Å². The van der Waals surface area contributed by atoms with Crippen molar-refractivity contribution in [2.45, 2.75) is 6.92 Å². The van der Waals surface area contributed by atoms with Crippen molar-refractivity contribution in [1.82, 2.24) is 0 Å². The summed E-state index contributed by atoms with van der Waals surface area (Å²) < 4.78 is 6.96. The molecule has 0 saturated heterocycles. The van der Waals surface area contributed by atoms with Gasteiger partial charge in [0.1, 0.15) is 0 Å². The third-order valence-corrected chi connectivity index (χ3v) is 2.99. The summed E-state index contributed by atoms with van der Waals surface area (Å²) in [5.74, 6) is -0.247.